The Hall–Kier alpha value is -0.580. The van der Waals surface area contributed by atoms with Gasteiger partial charge in [-0.05, 0) is 24.6 Å². The van der Waals surface area contributed by atoms with Crippen molar-refractivity contribution in [1.29, 1.82) is 0 Å². The molecule has 0 amide bonds. The van der Waals surface area contributed by atoms with Crippen LogP contribution in [0.15, 0.2) is 29.2 Å². The molecule has 0 spiro atoms. The minimum absolute atomic E-state index is 0. The van der Waals surface area contributed by atoms with Crippen LogP contribution in [0.2, 0.25) is 0 Å². The number of nitrogens with two attached hydrogens (primary N) is 1. The van der Waals surface area contributed by atoms with E-state index in [0.717, 1.165) is 5.56 Å². The van der Waals surface area contributed by atoms with Gasteiger partial charge in [0.2, 0.25) is 0 Å². The second-order valence-corrected chi connectivity index (χ2v) is 4.90. The van der Waals surface area contributed by atoms with Crippen molar-refractivity contribution in [3.63, 3.8) is 0 Å². The molecule has 1 aromatic rings. The Morgan fingerprint density at radius 2 is 1.86 bits per heavy atom. The van der Waals surface area contributed by atoms with Crippen LogP contribution in [0.3, 0.4) is 0 Å². The highest BCUT2D eigenvalue weighted by Gasteiger charge is 2.10. The molecule has 5 heteroatoms. The minimum Gasteiger partial charge on any atom is -0.330 e. The van der Waals surface area contributed by atoms with Gasteiger partial charge in [-0.2, -0.15) is 0 Å². The van der Waals surface area contributed by atoms with Crippen LogP contribution in [0.4, 0.5) is 0 Å². The second-order valence-electron chi connectivity index (χ2n) is 2.92. The fourth-order valence-electron chi connectivity index (χ4n) is 1.23. The Balaban J connectivity index is 0.00000169. The van der Waals surface area contributed by atoms with Crippen LogP contribution >= 0.6 is 12.4 Å². The fourth-order valence-corrected chi connectivity index (χ4v) is 2.20. The van der Waals surface area contributed by atoms with Crippen molar-refractivity contribution in [3.05, 3.63) is 29.8 Å². The van der Waals surface area contributed by atoms with Crippen LogP contribution < -0.4 is 5.73 Å². The summed E-state index contributed by atoms with van der Waals surface area (Å²) in [5.41, 5.74) is 6.18. The molecule has 0 aliphatic heterocycles. The van der Waals surface area contributed by atoms with E-state index in [1.54, 1.807) is 18.2 Å². The maximum absolute atomic E-state index is 11.3. The van der Waals surface area contributed by atoms with Crippen LogP contribution in [-0.2, 0) is 16.3 Å². The lowest BCUT2D eigenvalue weighted by atomic mass is 10.1. The summed E-state index contributed by atoms with van der Waals surface area (Å²) in [5.74, 6) is 0. The molecule has 0 radical (unpaired) electrons. The summed E-state index contributed by atoms with van der Waals surface area (Å²) < 4.78 is 22.6. The molecule has 2 N–H and O–H groups in total. The van der Waals surface area contributed by atoms with Gasteiger partial charge in [0.25, 0.3) is 0 Å². The van der Waals surface area contributed by atoms with Gasteiger partial charge in [-0.3, -0.25) is 0 Å². The Morgan fingerprint density at radius 1 is 1.29 bits per heavy atom. The molecule has 80 valence electrons. The van der Waals surface area contributed by atoms with Crippen molar-refractivity contribution in [3.8, 4) is 0 Å². The summed E-state index contributed by atoms with van der Waals surface area (Å²) in [7, 11) is -3.11. The number of sulfone groups is 1. The Kier molecular flexibility index (Phi) is 5.12. The maximum Gasteiger partial charge on any atom is 0.175 e. The first-order valence-electron chi connectivity index (χ1n) is 4.03. The molecule has 0 fully saturated rings. The SMILES string of the molecule is CS(=O)(=O)c1ccccc1CCN.Cl. The van der Waals surface area contributed by atoms with Crippen LogP contribution in [0.1, 0.15) is 5.56 Å². The van der Waals surface area contributed by atoms with Crippen LogP contribution in [-0.4, -0.2) is 21.2 Å². The maximum atomic E-state index is 11.3. The summed E-state index contributed by atoms with van der Waals surface area (Å²) in [6.07, 6.45) is 1.81. The van der Waals surface area contributed by atoms with E-state index >= 15 is 0 Å². The van der Waals surface area contributed by atoms with E-state index in [-0.39, 0.29) is 12.4 Å². The predicted molar refractivity (Wildman–Crippen MR) is 59.6 cm³/mol. The average Bonchev–Trinajstić information content (AvgIpc) is 2.04. The van der Waals surface area contributed by atoms with Gasteiger partial charge in [-0.15, -0.1) is 12.4 Å². The normalized spacial score (nSPS) is 10.7. The second kappa shape index (κ2) is 5.34. The largest absolute Gasteiger partial charge is 0.330 e. The van der Waals surface area contributed by atoms with Gasteiger partial charge in [0.05, 0.1) is 4.90 Å². The van der Waals surface area contributed by atoms with E-state index < -0.39 is 9.84 Å². The van der Waals surface area contributed by atoms with Crippen LogP contribution in [0.5, 0.6) is 0 Å². The smallest absolute Gasteiger partial charge is 0.175 e. The quantitative estimate of drug-likeness (QED) is 0.851. The van der Waals surface area contributed by atoms with Crippen molar-refractivity contribution >= 4 is 22.2 Å². The first-order chi connectivity index (χ1) is 6.05. The van der Waals surface area contributed by atoms with Crippen molar-refractivity contribution in [2.45, 2.75) is 11.3 Å². The predicted octanol–water partition coefficient (Wildman–Crippen LogP) is 1.01. The van der Waals surface area contributed by atoms with E-state index in [0.29, 0.717) is 17.9 Å². The highest BCUT2D eigenvalue weighted by Crippen LogP contribution is 2.14. The highest BCUT2D eigenvalue weighted by atomic mass is 35.5. The molecule has 0 saturated heterocycles. The lowest BCUT2D eigenvalue weighted by Gasteiger charge is -2.05. The molecule has 0 aliphatic carbocycles. The summed E-state index contributed by atoms with van der Waals surface area (Å²) >= 11 is 0. The van der Waals surface area contributed by atoms with Gasteiger partial charge >= 0.3 is 0 Å². The standard InChI is InChI=1S/C9H13NO2S.ClH/c1-13(11,12)9-5-3-2-4-8(9)6-7-10;/h2-5H,6-7,10H2,1H3;1H. The van der Waals surface area contributed by atoms with Gasteiger partial charge in [0.15, 0.2) is 9.84 Å². The number of rotatable bonds is 3. The van der Waals surface area contributed by atoms with Gasteiger partial charge in [-0.25, -0.2) is 8.42 Å². The monoisotopic (exact) mass is 235 g/mol. The highest BCUT2D eigenvalue weighted by molar-refractivity contribution is 7.90. The number of halogens is 1. The van der Waals surface area contributed by atoms with Crippen LogP contribution in [0, 0.1) is 0 Å². The lowest BCUT2D eigenvalue weighted by molar-refractivity contribution is 0.600. The van der Waals surface area contributed by atoms with E-state index in [2.05, 4.69) is 0 Å². The molecule has 1 aromatic carbocycles. The van der Waals surface area contributed by atoms with E-state index in [4.69, 9.17) is 5.73 Å². The third-order valence-corrected chi connectivity index (χ3v) is 2.98. The third kappa shape index (κ3) is 3.29. The fraction of sp³-hybridized carbons (Fsp3) is 0.333. The summed E-state index contributed by atoms with van der Waals surface area (Å²) in [5, 5.41) is 0. The van der Waals surface area contributed by atoms with Gasteiger partial charge < -0.3 is 5.73 Å². The zero-order chi connectivity index (χ0) is 9.90. The molecular weight excluding hydrogens is 222 g/mol. The number of hydrogen-bond donors (Lipinski definition) is 1. The molecule has 0 bridgehead atoms. The molecule has 3 nitrogen and oxygen atoms in total. The van der Waals surface area contributed by atoms with Gasteiger partial charge in [-0.1, -0.05) is 18.2 Å². The Bertz CT molecular complexity index is 390. The minimum atomic E-state index is -3.11. The molecular formula is C9H14ClNO2S. The molecule has 0 aromatic heterocycles. The molecule has 0 saturated carbocycles. The molecule has 14 heavy (non-hydrogen) atoms. The molecule has 0 unspecified atom stereocenters. The first kappa shape index (κ1) is 13.4. The average molecular weight is 236 g/mol. The molecule has 1 rings (SSSR count). The van der Waals surface area contributed by atoms with Crippen molar-refractivity contribution in [2.75, 3.05) is 12.8 Å². The Labute approximate surface area is 90.6 Å². The Morgan fingerprint density at radius 3 is 2.36 bits per heavy atom. The number of hydrogen-bond acceptors (Lipinski definition) is 3. The zero-order valence-corrected chi connectivity index (χ0v) is 9.57. The van der Waals surface area contributed by atoms with E-state index in [1.807, 2.05) is 6.07 Å². The summed E-state index contributed by atoms with van der Waals surface area (Å²) in [6.45, 7) is 0.465. The van der Waals surface area contributed by atoms with E-state index in [1.165, 1.54) is 6.26 Å². The van der Waals surface area contributed by atoms with Crippen molar-refractivity contribution in [1.82, 2.24) is 0 Å². The summed E-state index contributed by atoms with van der Waals surface area (Å²) in [6, 6.07) is 6.94. The third-order valence-electron chi connectivity index (χ3n) is 1.79. The molecule has 0 heterocycles. The van der Waals surface area contributed by atoms with Crippen LogP contribution in [0.25, 0.3) is 0 Å². The van der Waals surface area contributed by atoms with Crippen molar-refractivity contribution < 1.29 is 8.42 Å². The lowest BCUT2D eigenvalue weighted by Crippen LogP contribution is -2.08. The topological polar surface area (TPSA) is 60.2 Å². The zero-order valence-electron chi connectivity index (χ0n) is 7.93. The first-order valence-corrected chi connectivity index (χ1v) is 5.93. The summed E-state index contributed by atoms with van der Waals surface area (Å²) in [4.78, 5) is 0.389. The van der Waals surface area contributed by atoms with Gasteiger partial charge in [0.1, 0.15) is 0 Å². The van der Waals surface area contributed by atoms with Crippen molar-refractivity contribution in [2.24, 2.45) is 5.73 Å². The van der Waals surface area contributed by atoms with Gasteiger partial charge in [0, 0.05) is 6.26 Å². The van der Waals surface area contributed by atoms with E-state index in [9.17, 15) is 8.42 Å². The molecule has 0 atom stereocenters. The molecule has 0 aliphatic rings. The number of benzene rings is 1.